The molecule has 2 N–H and O–H groups in total. The fraction of sp³-hybridized carbons (Fsp3) is 0.444. The molecule has 1 atom stereocenters. The monoisotopic (exact) mass is 333 g/mol. The summed E-state index contributed by atoms with van der Waals surface area (Å²) in [5, 5.41) is 12.4. The average Bonchev–Trinajstić information content (AvgIpc) is 2.60. The van der Waals surface area contributed by atoms with Crippen LogP contribution in [0.25, 0.3) is 11.0 Å². The highest BCUT2D eigenvalue weighted by molar-refractivity contribution is 5.93. The minimum atomic E-state index is -0.539. The molecule has 0 saturated heterocycles. The largest absolute Gasteiger partial charge is 0.451 e. The number of nitrogens with one attached hydrogen (secondary N) is 1. The van der Waals surface area contributed by atoms with E-state index in [4.69, 9.17) is 4.42 Å². The lowest BCUT2D eigenvalue weighted by molar-refractivity contribution is 0.0844. The Morgan fingerprint density at radius 3 is 2.75 bits per heavy atom. The Morgan fingerprint density at radius 2 is 2.04 bits per heavy atom. The van der Waals surface area contributed by atoms with E-state index in [0.717, 1.165) is 37.8 Å². The van der Waals surface area contributed by atoms with E-state index >= 15 is 0 Å². The number of halogens is 1. The molecular formula is C18H20FNO4. The fourth-order valence-corrected chi connectivity index (χ4v) is 3.33. The molecule has 1 amide bonds. The molecule has 24 heavy (non-hydrogen) atoms. The van der Waals surface area contributed by atoms with Crippen LogP contribution in [-0.4, -0.2) is 23.7 Å². The summed E-state index contributed by atoms with van der Waals surface area (Å²) in [5.74, 6) is -0.977. The lowest BCUT2D eigenvalue weighted by atomic mass is 9.84. The minimum Gasteiger partial charge on any atom is -0.451 e. The van der Waals surface area contributed by atoms with Gasteiger partial charge in [0.1, 0.15) is 11.4 Å². The highest BCUT2D eigenvalue weighted by Crippen LogP contribution is 2.26. The number of carbonyl (C=O) groups excluding carboxylic acids is 1. The lowest BCUT2D eigenvalue weighted by Crippen LogP contribution is -2.43. The SMILES string of the molecule is O=C(N[C@H](CO)C1CCCCC1)c1cc(=O)c2cc(F)ccc2o1. The third kappa shape index (κ3) is 3.48. The molecule has 1 aliphatic carbocycles. The summed E-state index contributed by atoms with van der Waals surface area (Å²) in [6.07, 6.45) is 5.29. The molecule has 1 aromatic carbocycles. The van der Waals surface area contributed by atoms with Crippen LogP contribution in [0.2, 0.25) is 0 Å². The molecule has 0 unspecified atom stereocenters. The van der Waals surface area contributed by atoms with E-state index in [1.165, 1.54) is 18.6 Å². The first-order chi connectivity index (χ1) is 11.6. The van der Waals surface area contributed by atoms with Gasteiger partial charge in [-0.2, -0.15) is 0 Å². The lowest BCUT2D eigenvalue weighted by Gasteiger charge is -2.29. The van der Waals surface area contributed by atoms with Crippen molar-refractivity contribution < 1.29 is 18.7 Å². The van der Waals surface area contributed by atoms with Gasteiger partial charge in [-0.1, -0.05) is 19.3 Å². The van der Waals surface area contributed by atoms with Crippen molar-refractivity contribution in [1.29, 1.82) is 0 Å². The normalized spacial score (nSPS) is 16.9. The van der Waals surface area contributed by atoms with E-state index in [0.29, 0.717) is 0 Å². The number of aliphatic hydroxyl groups excluding tert-OH is 1. The van der Waals surface area contributed by atoms with Gasteiger partial charge in [-0.25, -0.2) is 4.39 Å². The van der Waals surface area contributed by atoms with Crippen LogP contribution in [-0.2, 0) is 0 Å². The van der Waals surface area contributed by atoms with Crippen LogP contribution >= 0.6 is 0 Å². The van der Waals surface area contributed by atoms with E-state index in [-0.39, 0.29) is 35.3 Å². The molecule has 0 aliphatic heterocycles. The van der Waals surface area contributed by atoms with Gasteiger partial charge in [-0.3, -0.25) is 9.59 Å². The zero-order valence-corrected chi connectivity index (χ0v) is 13.3. The smallest absolute Gasteiger partial charge is 0.287 e. The van der Waals surface area contributed by atoms with Gasteiger partial charge in [-0.15, -0.1) is 0 Å². The molecule has 1 fully saturated rings. The summed E-state index contributed by atoms with van der Waals surface area (Å²) >= 11 is 0. The summed E-state index contributed by atoms with van der Waals surface area (Å²) < 4.78 is 18.6. The number of amides is 1. The van der Waals surface area contributed by atoms with E-state index < -0.39 is 17.2 Å². The first kappa shape index (κ1) is 16.6. The number of fused-ring (bicyclic) bond motifs is 1. The van der Waals surface area contributed by atoms with Crippen molar-refractivity contribution in [3.63, 3.8) is 0 Å². The Morgan fingerprint density at radius 1 is 1.29 bits per heavy atom. The standard InChI is InChI=1S/C18H20FNO4/c19-12-6-7-16-13(8-12)15(22)9-17(24-16)18(23)20-14(10-21)11-4-2-1-3-5-11/h6-9,11,14,21H,1-5,10H2,(H,20,23)/t14-/m1/s1. The third-order valence-corrected chi connectivity index (χ3v) is 4.65. The number of rotatable bonds is 4. The quantitative estimate of drug-likeness (QED) is 0.901. The van der Waals surface area contributed by atoms with Crippen LogP contribution in [0.5, 0.6) is 0 Å². The maximum atomic E-state index is 13.2. The molecule has 1 aliphatic rings. The summed E-state index contributed by atoms with van der Waals surface area (Å²) in [6.45, 7) is -0.153. The van der Waals surface area contributed by atoms with Crippen molar-refractivity contribution in [2.24, 2.45) is 5.92 Å². The van der Waals surface area contributed by atoms with Gasteiger partial charge in [0.2, 0.25) is 0 Å². The predicted octanol–water partition coefficient (Wildman–Crippen LogP) is 2.60. The number of carbonyl (C=O) groups is 1. The second kappa shape index (κ2) is 7.13. The van der Waals surface area contributed by atoms with Gasteiger partial charge in [0.25, 0.3) is 5.91 Å². The summed E-state index contributed by atoms with van der Waals surface area (Å²) in [7, 11) is 0. The molecular weight excluding hydrogens is 313 g/mol. The second-order valence-electron chi connectivity index (χ2n) is 6.28. The molecule has 1 heterocycles. The van der Waals surface area contributed by atoms with E-state index in [2.05, 4.69) is 5.32 Å². The third-order valence-electron chi connectivity index (χ3n) is 4.65. The van der Waals surface area contributed by atoms with Crippen LogP contribution in [0.3, 0.4) is 0 Å². The maximum absolute atomic E-state index is 13.2. The number of aliphatic hydroxyl groups is 1. The highest BCUT2D eigenvalue weighted by atomic mass is 19.1. The van der Waals surface area contributed by atoms with Crippen molar-refractivity contribution in [1.82, 2.24) is 5.32 Å². The van der Waals surface area contributed by atoms with Gasteiger partial charge < -0.3 is 14.8 Å². The van der Waals surface area contributed by atoms with E-state index in [1.54, 1.807) is 0 Å². The fourth-order valence-electron chi connectivity index (χ4n) is 3.33. The number of hydrogen-bond donors (Lipinski definition) is 2. The Balaban J connectivity index is 1.82. The second-order valence-corrected chi connectivity index (χ2v) is 6.28. The first-order valence-electron chi connectivity index (χ1n) is 8.23. The van der Waals surface area contributed by atoms with Gasteiger partial charge in [0, 0.05) is 6.07 Å². The number of hydrogen-bond acceptors (Lipinski definition) is 4. The zero-order valence-electron chi connectivity index (χ0n) is 13.3. The maximum Gasteiger partial charge on any atom is 0.287 e. The topological polar surface area (TPSA) is 79.5 Å². The Labute approximate surface area is 138 Å². The van der Waals surface area contributed by atoms with E-state index in [9.17, 15) is 19.1 Å². The molecule has 0 spiro atoms. The minimum absolute atomic E-state index is 0.0949. The van der Waals surface area contributed by atoms with Gasteiger partial charge >= 0.3 is 0 Å². The molecule has 0 radical (unpaired) electrons. The molecule has 6 heteroatoms. The van der Waals surface area contributed by atoms with E-state index in [1.807, 2.05) is 0 Å². The highest BCUT2D eigenvalue weighted by Gasteiger charge is 2.25. The summed E-state index contributed by atoms with van der Waals surface area (Å²) in [6, 6.07) is 4.29. The van der Waals surface area contributed by atoms with Gasteiger partial charge in [-0.05, 0) is 37.0 Å². The van der Waals surface area contributed by atoms with Gasteiger partial charge in [0.15, 0.2) is 11.2 Å². The van der Waals surface area contributed by atoms with Crippen molar-refractivity contribution in [2.45, 2.75) is 38.1 Å². The number of benzene rings is 1. The van der Waals surface area contributed by atoms with Gasteiger partial charge in [0.05, 0.1) is 18.0 Å². The van der Waals surface area contributed by atoms with Crippen molar-refractivity contribution in [3.05, 3.63) is 46.1 Å². The first-order valence-corrected chi connectivity index (χ1v) is 8.23. The average molecular weight is 333 g/mol. The van der Waals surface area contributed by atoms with Crippen molar-refractivity contribution in [2.75, 3.05) is 6.61 Å². The molecule has 1 aromatic heterocycles. The molecule has 3 rings (SSSR count). The zero-order chi connectivity index (χ0) is 17.1. The van der Waals surface area contributed by atoms with Crippen LogP contribution in [0.1, 0.15) is 42.7 Å². The molecule has 2 aromatic rings. The molecule has 128 valence electrons. The molecule has 1 saturated carbocycles. The summed E-state index contributed by atoms with van der Waals surface area (Å²) in [5.41, 5.74) is -0.314. The molecule has 0 bridgehead atoms. The van der Waals surface area contributed by atoms with Crippen molar-refractivity contribution >= 4 is 16.9 Å². The Bertz CT molecular complexity index is 795. The molecule has 5 nitrogen and oxygen atoms in total. The summed E-state index contributed by atoms with van der Waals surface area (Å²) in [4.78, 5) is 24.4. The predicted molar refractivity (Wildman–Crippen MR) is 87.4 cm³/mol. The van der Waals surface area contributed by atoms with Crippen LogP contribution in [0.4, 0.5) is 4.39 Å². The van der Waals surface area contributed by atoms with Crippen LogP contribution < -0.4 is 10.7 Å². The van der Waals surface area contributed by atoms with Crippen molar-refractivity contribution in [3.8, 4) is 0 Å². The Kier molecular flexibility index (Phi) is 4.94. The van der Waals surface area contributed by atoms with Crippen LogP contribution in [0, 0.1) is 11.7 Å². The van der Waals surface area contributed by atoms with Crippen LogP contribution in [0.15, 0.2) is 33.5 Å². The Hall–Kier alpha value is -2.21.